The van der Waals surface area contributed by atoms with Gasteiger partial charge in [-0.1, -0.05) is 50.7 Å². The summed E-state index contributed by atoms with van der Waals surface area (Å²) in [5.74, 6) is 0. The van der Waals surface area contributed by atoms with Crippen molar-refractivity contribution >= 4 is 109 Å². The van der Waals surface area contributed by atoms with Gasteiger partial charge in [-0.2, -0.15) is 9.97 Å². The highest BCUT2D eigenvalue weighted by Gasteiger charge is 2.50. The van der Waals surface area contributed by atoms with Gasteiger partial charge >= 0.3 is 0 Å². The first-order chi connectivity index (χ1) is 23.7. The standard InChI is InChI=1S/C14H10N4OS.C13H17N3O3.C7H5BrN2S/c15-13-17-10-5-7(2-4-11(10)19-13)8-1-3-9-12(6-8)20-14(16)18-9;1-12(2)13(3,4)19-16(18-12)8-5-6-10-9(7-8)15-11(14)17-10;8-4-1-2-5-6(3-4)11-7(9)10-5/h1-6H,(H2,15,17)(H2,16,18);5-7H,1-4H3,(H2,14,15);1-3H,(H2,9,10). The van der Waals surface area contributed by atoms with E-state index in [4.69, 9.17) is 41.4 Å². The third-order valence-electron chi connectivity index (χ3n) is 8.18. The molecule has 4 aromatic heterocycles. The van der Waals surface area contributed by atoms with Crippen molar-refractivity contribution < 1.29 is 18.5 Å². The summed E-state index contributed by atoms with van der Waals surface area (Å²) in [7, 11) is 0. The monoisotopic (exact) mass is 773 g/mol. The summed E-state index contributed by atoms with van der Waals surface area (Å²) in [5.41, 5.74) is 29.0. The number of nitrogens with two attached hydrogens (primary N) is 4. The summed E-state index contributed by atoms with van der Waals surface area (Å²) < 4.78 is 13.8. The molecule has 8 N–H and O–H groups in total. The molecule has 0 bridgehead atoms. The molecule has 0 aliphatic carbocycles. The average molecular weight is 775 g/mol. The van der Waals surface area contributed by atoms with Crippen molar-refractivity contribution in [2.75, 3.05) is 28.2 Å². The quantitative estimate of drug-likeness (QED) is 0.130. The maximum Gasteiger partial charge on any atom is 0.292 e. The molecule has 1 aliphatic heterocycles. The minimum absolute atomic E-state index is 0.149. The fraction of sp³-hybridized carbons (Fsp3) is 0.176. The second-order valence-electron chi connectivity index (χ2n) is 12.3. The minimum Gasteiger partial charge on any atom is -0.424 e. The van der Waals surface area contributed by atoms with Gasteiger partial charge in [-0.15, -0.1) is 5.23 Å². The van der Waals surface area contributed by atoms with Crippen molar-refractivity contribution in [1.82, 2.24) is 19.9 Å². The molecule has 0 radical (unpaired) electrons. The minimum atomic E-state index is -0.426. The van der Waals surface area contributed by atoms with Gasteiger partial charge < -0.3 is 31.8 Å². The number of hydrogen-bond donors (Lipinski definition) is 4. The van der Waals surface area contributed by atoms with Gasteiger partial charge in [0, 0.05) is 4.47 Å². The molecule has 9 rings (SSSR count). The van der Waals surface area contributed by atoms with E-state index in [1.165, 1.54) is 27.9 Å². The Bertz CT molecular complexity index is 2410. The number of thiazole rings is 2. The largest absolute Gasteiger partial charge is 0.424 e. The predicted molar refractivity (Wildman–Crippen MR) is 204 cm³/mol. The highest BCUT2D eigenvalue weighted by atomic mass is 79.9. The van der Waals surface area contributed by atoms with Gasteiger partial charge in [0.25, 0.3) is 12.0 Å². The molecule has 8 aromatic rings. The van der Waals surface area contributed by atoms with Gasteiger partial charge in [-0.05, 0) is 99.5 Å². The van der Waals surface area contributed by atoms with Gasteiger partial charge in [0.15, 0.2) is 21.4 Å². The highest BCUT2D eigenvalue weighted by Crippen LogP contribution is 2.40. The Morgan fingerprint density at radius 3 is 1.70 bits per heavy atom. The summed E-state index contributed by atoms with van der Waals surface area (Å²) in [6.07, 6.45) is 0. The summed E-state index contributed by atoms with van der Waals surface area (Å²) >= 11 is 6.36. The number of oxazole rings is 2. The van der Waals surface area contributed by atoms with Crippen LogP contribution in [0.25, 0.3) is 53.8 Å². The number of rotatable bonds is 2. The van der Waals surface area contributed by atoms with Crippen LogP contribution in [0.15, 0.2) is 86.1 Å². The Balaban J connectivity index is 0.000000123. The van der Waals surface area contributed by atoms with Crippen LogP contribution in [0.3, 0.4) is 0 Å². The van der Waals surface area contributed by atoms with Crippen molar-refractivity contribution in [3.63, 3.8) is 0 Å². The first-order valence-electron chi connectivity index (χ1n) is 15.2. The van der Waals surface area contributed by atoms with Crippen LogP contribution < -0.4 is 28.2 Å². The number of hydrogen-bond acceptors (Lipinski definition) is 15. The molecule has 1 aliphatic rings. The Kier molecular flexibility index (Phi) is 8.52. The summed E-state index contributed by atoms with van der Waals surface area (Å²) in [6.45, 7) is 7.94. The van der Waals surface area contributed by atoms with Gasteiger partial charge in [-0.25, -0.2) is 19.6 Å². The van der Waals surface area contributed by atoms with Crippen molar-refractivity contribution in [3.05, 3.63) is 77.3 Å². The highest BCUT2D eigenvalue weighted by molar-refractivity contribution is 9.10. The van der Waals surface area contributed by atoms with Crippen LogP contribution in [0, 0.1) is 0 Å². The predicted octanol–water partition coefficient (Wildman–Crippen LogP) is 8.56. The molecule has 0 amide bonds. The molecule has 256 valence electrons. The number of nitrogens with zero attached hydrogens (tertiary/aromatic N) is 5. The Labute approximate surface area is 301 Å². The zero-order valence-electron chi connectivity index (χ0n) is 27.3. The Morgan fingerprint density at radius 2 is 1.08 bits per heavy atom. The van der Waals surface area contributed by atoms with Crippen LogP contribution >= 0.6 is 38.6 Å². The van der Waals surface area contributed by atoms with Crippen molar-refractivity contribution in [3.8, 4) is 11.1 Å². The van der Waals surface area contributed by atoms with E-state index in [0.29, 0.717) is 26.9 Å². The lowest BCUT2D eigenvalue weighted by molar-refractivity contribution is -0.0272. The van der Waals surface area contributed by atoms with Crippen molar-refractivity contribution in [2.24, 2.45) is 0 Å². The molecular weight excluding hydrogens is 742 g/mol. The van der Waals surface area contributed by atoms with E-state index in [9.17, 15) is 0 Å². The molecule has 5 heterocycles. The van der Waals surface area contributed by atoms with Crippen LogP contribution in [-0.4, -0.2) is 31.1 Å². The maximum atomic E-state index is 5.83. The number of halogens is 1. The molecule has 16 heteroatoms. The average Bonchev–Trinajstić information content (AvgIpc) is 3.84. The van der Waals surface area contributed by atoms with Crippen molar-refractivity contribution in [1.29, 1.82) is 0 Å². The number of anilines is 5. The van der Waals surface area contributed by atoms with Crippen LogP contribution in [0.4, 0.5) is 28.0 Å². The van der Waals surface area contributed by atoms with Gasteiger partial charge in [0.2, 0.25) is 0 Å². The van der Waals surface area contributed by atoms with E-state index in [2.05, 4.69) is 41.9 Å². The number of nitrogen functional groups attached to an aromatic ring is 4. The molecule has 0 unspecified atom stereocenters. The third-order valence-corrected chi connectivity index (χ3v) is 10.4. The molecule has 50 heavy (non-hydrogen) atoms. The second kappa shape index (κ2) is 12.7. The molecule has 0 spiro atoms. The van der Waals surface area contributed by atoms with Gasteiger partial charge in [-0.3, -0.25) is 0 Å². The number of fused-ring (bicyclic) bond motifs is 4. The molecule has 0 saturated carbocycles. The third kappa shape index (κ3) is 6.75. The molecular formula is C34H32BrN9O4S2. The smallest absolute Gasteiger partial charge is 0.292 e. The summed E-state index contributed by atoms with van der Waals surface area (Å²) in [5, 5.41) is 2.62. The van der Waals surface area contributed by atoms with E-state index in [-0.39, 0.29) is 12.0 Å². The first kappa shape index (κ1) is 33.5. The summed E-state index contributed by atoms with van der Waals surface area (Å²) in [4.78, 5) is 28.3. The number of aromatic nitrogens is 4. The van der Waals surface area contributed by atoms with Gasteiger partial charge in [0.05, 0.1) is 26.1 Å². The van der Waals surface area contributed by atoms with E-state index < -0.39 is 11.2 Å². The van der Waals surface area contributed by atoms with E-state index in [1.54, 1.807) is 6.07 Å². The number of benzene rings is 4. The zero-order chi connectivity index (χ0) is 35.4. The molecule has 4 aromatic carbocycles. The molecule has 13 nitrogen and oxygen atoms in total. The van der Waals surface area contributed by atoms with Crippen LogP contribution in [0.1, 0.15) is 27.7 Å². The molecule has 1 saturated heterocycles. The van der Waals surface area contributed by atoms with Crippen LogP contribution in [0.5, 0.6) is 0 Å². The lowest BCUT2D eigenvalue weighted by Crippen LogP contribution is -2.41. The molecule has 0 atom stereocenters. The second-order valence-corrected chi connectivity index (χ2v) is 15.3. The lowest BCUT2D eigenvalue weighted by Gasteiger charge is -2.26. The van der Waals surface area contributed by atoms with E-state index in [1.807, 2.05) is 88.4 Å². The normalized spacial score (nSPS) is 14.9. The Morgan fingerprint density at radius 1 is 0.580 bits per heavy atom. The lowest BCUT2D eigenvalue weighted by atomic mass is 9.90. The maximum absolute atomic E-state index is 5.83. The molecule has 1 fully saturated rings. The first-order valence-corrected chi connectivity index (χ1v) is 17.6. The Hall–Kier alpha value is -5.00. The van der Waals surface area contributed by atoms with Crippen LogP contribution in [0.2, 0.25) is 0 Å². The van der Waals surface area contributed by atoms with Crippen molar-refractivity contribution in [2.45, 2.75) is 38.9 Å². The topological polar surface area (TPSA) is 204 Å². The SMILES string of the molecule is CC1(C)ON(c2ccc3oc(N)nc3c2)OC1(C)C.Nc1nc2cc(-c3ccc4nc(N)sc4c3)ccc2o1.Nc1nc2ccc(Br)cc2s1. The van der Waals surface area contributed by atoms with E-state index >= 15 is 0 Å². The van der Waals surface area contributed by atoms with E-state index in [0.717, 1.165) is 47.2 Å². The fourth-order valence-electron chi connectivity index (χ4n) is 4.97. The fourth-order valence-corrected chi connectivity index (χ4v) is 7.03. The van der Waals surface area contributed by atoms with Gasteiger partial charge in [0.1, 0.15) is 22.2 Å². The summed E-state index contributed by atoms with van der Waals surface area (Å²) in [6, 6.07) is 23.6. The zero-order valence-corrected chi connectivity index (χ0v) is 30.5. The van der Waals surface area contributed by atoms with Crippen LogP contribution in [-0.2, 0) is 9.68 Å².